The van der Waals surface area contributed by atoms with Gasteiger partial charge < -0.3 is 9.64 Å². The maximum Gasteiger partial charge on any atom is 0.234 e. The maximum atomic E-state index is 12.3. The molecule has 1 heterocycles. The van der Waals surface area contributed by atoms with Gasteiger partial charge in [-0.15, -0.1) is 11.8 Å². The predicted molar refractivity (Wildman–Crippen MR) is 81.9 cm³/mol. The molecular weight excluding hydrogens is 270 g/mol. The Morgan fingerprint density at radius 1 is 1.25 bits per heavy atom. The molecule has 1 aromatic carbocycles. The van der Waals surface area contributed by atoms with Crippen molar-refractivity contribution in [2.45, 2.75) is 43.5 Å². The van der Waals surface area contributed by atoms with Crippen LogP contribution in [-0.4, -0.2) is 29.7 Å². The van der Waals surface area contributed by atoms with Gasteiger partial charge in [-0.2, -0.15) is 0 Å². The maximum absolute atomic E-state index is 12.3. The number of amides is 1. The summed E-state index contributed by atoms with van der Waals surface area (Å²) in [6.07, 6.45) is 6.14. The molecule has 1 saturated carbocycles. The molecule has 0 spiro atoms. The van der Waals surface area contributed by atoms with Crippen molar-refractivity contribution >= 4 is 17.7 Å². The van der Waals surface area contributed by atoms with Crippen molar-refractivity contribution in [3.8, 4) is 5.75 Å². The van der Waals surface area contributed by atoms with Gasteiger partial charge in [0.15, 0.2) is 0 Å². The van der Waals surface area contributed by atoms with Crippen LogP contribution in [0.5, 0.6) is 5.75 Å². The highest BCUT2D eigenvalue weighted by atomic mass is 32.2. The Kier molecular flexibility index (Phi) is 4.20. The minimum atomic E-state index is 0.167. The van der Waals surface area contributed by atoms with E-state index in [9.17, 15) is 4.79 Å². The molecule has 20 heavy (non-hydrogen) atoms. The molecule has 0 bridgehead atoms. The van der Waals surface area contributed by atoms with Crippen LogP contribution in [0, 0.1) is 0 Å². The molecule has 1 atom stereocenters. The Hall–Kier alpha value is -1.16. The lowest BCUT2D eigenvalue weighted by molar-refractivity contribution is -0.131. The van der Waals surface area contributed by atoms with Crippen molar-refractivity contribution < 1.29 is 9.53 Å². The number of hydrogen-bond acceptors (Lipinski definition) is 3. The quantitative estimate of drug-likeness (QED) is 0.852. The summed E-state index contributed by atoms with van der Waals surface area (Å²) in [5.74, 6) is 1.78. The Balaban J connectivity index is 1.84. The number of thioether (sulfide) groups is 1. The summed E-state index contributed by atoms with van der Waals surface area (Å²) < 4.78 is 5.31. The average Bonchev–Trinajstić information content (AvgIpc) is 2.90. The van der Waals surface area contributed by atoms with Crippen LogP contribution in [0.1, 0.15) is 43.0 Å². The first kappa shape index (κ1) is 13.8. The van der Waals surface area contributed by atoms with Crippen molar-refractivity contribution in [2.24, 2.45) is 0 Å². The highest BCUT2D eigenvalue weighted by Crippen LogP contribution is 2.43. The number of rotatable bonds is 3. The molecule has 3 rings (SSSR count). The number of benzene rings is 1. The fourth-order valence-electron chi connectivity index (χ4n) is 3.24. The summed E-state index contributed by atoms with van der Waals surface area (Å²) in [5.41, 5.74) is 1.19. The van der Waals surface area contributed by atoms with Crippen LogP contribution < -0.4 is 4.74 Å². The molecule has 1 aromatic rings. The van der Waals surface area contributed by atoms with Crippen LogP contribution in [0.2, 0.25) is 0 Å². The van der Waals surface area contributed by atoms with E-state index in [0.29, 0.717) is 17.7 Å². The van der Waals surface area contributed by atoms with E-state index >= 15 is 0 Å². The zero-order chi connectivity index (χ0) is 13.9. The van der Waals surface area contributed by atoms with E-state index < -0.39 is 0 Å². The van der Waals surface area contributed by atoms with Gasteiger partial charge in [0.05, 0.1) is 12.9 Å². The van der Waals surface area contributed by atoms with Gasteiger partial charge >= 0.3 is 0 Å². The number of ether oxygens (including phenoxy) is 1. The smallest absolute Gasteiger partial charge is 0.234 e. The van der Waals surface area contributed by atoms with Crippen LogP contribution >= 0.6 is 11.8 Å². The van der Waals surface area contributed by atoms with Crippen LogP contribution in [0.15, 0.2) is 24.3 Å². The molecule has 108 valence electrons. The first-order valence-electron chi connectivity index (χ1n) is 7.36. The van der Waals surface area contributed by atoms with Crippen molar-refractivity contribution in [1.29, 1.82) is 0 Å². The molecule has 1 amide bonds. The SMILES string of the molecule is COc1cccc([C@@H]2SCC(=O)N2C2CCCCC2)c1. The molecular formula is C16H21NO2S. The predicted octanol–water partition coefficient (Wildman–Crippen LogP) is 3.60. The van der Waals surface area contributed by atoms with Crippen LogP contribution in [0.25, 0.3) is 0 Å². The van der Waals surface area contributed by atoms with Crippen molar-refractivity contribution in [3.05, 3.63) is 29.8 Å². The molecule has 1 aliphatic heterocycles. The highest BCUT2D eigenvalue weighted by Gasteiger charge is 2.38. The van der Waals surface area contributed by atoms with Crippen LogP contribution in [-0.2, 0) is 4.79 Å². The second kappa shape index (κ2) is 6.08. The van der Waals surface area contributed by atoms with Gasteiger partial charge in [0.25, 0.3) is 0 Å². The summed E-state index contributed by atoms with van der Waals surface area (Å²) >= 11 is 1.75. The van der Waals surface area contributed by atoms with E-state index in [1.54, 1.807) is 18.9 Å². The van der Waals surface area contributed by atoms with Crippen molar-refractivity contribution in [2.75, 3.05) is 12.9 Å². The van der Waals surface area contributed by atoms with E-state index in [4.69, 9.17) is 4.74 Å². The number of carbonyl (C=O) groups is 1. The van der Waals surface area contributed by atoms with Crippen LogP contribution in [0.3, 0.4) is 0 Å². The zero-order valence-corrected chi connectivity index (χ0v) is 12.7. The van der Waals surface area contributed by atoms with E-state index in [-0.39, 0.29) is 5.37 Å². The minimum Gasteiger partial charge on any atom is -0.497 e. The van der Waals surface area contributed by atoms with E-state index in [2.05, 4.69) is 17.0 Å². The molecule has 0 aromatic heterocycles. The molecule has 2 aliphatic rings. The first-order valence-corrected chi connectivity index (χ1v) is 8.41. The Morgan fingerprint density at radius 2 is 2.05 bits per heavy atom. The van der Waals surface area contributed by atoms with Gasteiger partial charge in [-0.3, -0.25) is 4.79 Å². The van der Waals surface area contributed by atoms with Gasteiger partial charge in [0.2, 0.25) is 5.91 Å². The molecule has 0 unspecified atom stereocenters. The normalized spacial score (nSPS) is 24.1. The van der Waals surface area contributed by atoms with Gasteiger partial charge in [-0.1, -0.05) is 31.4 Å². The van der Waals surface area contributed by atoms with Gasteiger partial charge in [-0.25, -0.2) is 0 Å². The summed E-state index contributed by atoms with van der Waals surface area (Å²) in [5, 5.41) is 0.167. The Bertz CT molecular complexity index is 485. The zero-order valence-electron chi connectivity index (χ0n) is 11.9. The van der Waals surface area contributed by atoms with Crippen molar-refractivity contribution in [1.82, 2.24) is 4.90 Å². The second-order valence-electron chi connectivity index (χ2n) is 5.53. The third-order valence-electron chi connectivity index (χ3n) is 4.25. The molecule has 0 N–H and O–H groups in total. The number of nitrogens with zero attached hydrogens (tertiary/aromatic N) is 1. The first-order chi connectivity index (χ1) is 9.79. The second-order valence-corrected chi connectivity index (χ2v) is 6.60. The van der Waals surface area contributed by atoms with Crippen molar-refractivity contribution in [3.63, 3.8) is 0 Å². The summed E-state index contributed by atoms with van der Waals surface area (Å²) in [6.45, 7) is 0. The molecule has 0 radical (unpaired) electrons. The van der Waals surface area contributed by atoms with Gasteiger partial charge in [-0.05, 0) is 30.5 Å². The fourth-order valence-corrected chi connectivity index (χ4v) is 4.48. The van der Waals surface area contributed by atoms with E-state index in [1.807, 2.05) is 12.1 Å². The summed E-state index contributed by atoms with van der Waals surface area (Å²) in [6, 6.07) is 8.56. The lowest BCUT2D eigenvalue weighted by Crippen LogP contribution is -2.39. The third-order valence-corrected chi connectivity index (χ3v) is 5.48. The topological polar surface area (TPSA) is 29.5 Å². The largest absolute Gasteiger partial charge is 0.497 e. The van der Waals surface area contributed by atoms with Crippen LogP contribution in [0.4, 0.5) is 0 Å². The highest BCUT2D eigenvalue weighted by molar-refractivity contribution is 8.00. The molecule has 3 nitrogen and oxygen atoms in total. The molecule has 4 heteroatoms. The van der Waals surface area contributed by atoms with Gasteiger partial charge in [0.1, 0.15) is 11.1 Å². The number of hydrogen-bond donors (Lipinski definition) is 0. The van der Waals surface area contributed by atoms with Gasteiger partial charge in [0, 0.05) is 6.04 Å². The molecule has 1 aliphatic carbocycles. The summed E-state index contributed by atoms with van der Waals surface area (Å²) in [4.78, 5) is 14.4. The molecule has 1 saturated heterocycles. The van der Waals surface area contributed by atoms with E-state index in [0.717, 1.165) is 18.6 Å². The number of methoxy groups -OCH3 is 1. The summed E-state index contributed by atoms with van der Waals surface area (Å²) in [7, 11) is 1.69. The Labute approximate surface area is 124 Å². The minimum absolute atomic E-state index is 0.167. The Morgan fingerprint density at radius 3 is 2.80 bits per heavy atom. The standard InChI is InChI=1S/C16H21NO2S/c1-19-14-9-5-6-12(10-14)16-17(15(18)11-20-16)13-7-3-2-4-8-13/h5-6,9-10,13,16H,2-4,7-8,11H2,1H3/t16-/m0/s1. The average molecular weight is 291 g/mol. The molecule has 2 fully saturated rings. The third kappa shape index (κ3) is 2.66. The monoisotopic (exact) mass is 291 g/mol. The lowest BCUT2D eigenvalue weighted by Gasteiger charge is -2.35. The lowest BCUT2D eigenvalue weighted by atomic mass is 9.93. The van der Waals surface area contributed by atoms with E-state index in [1.165, 1.54) is 24.8 Å². The number of carbonyl (C=O) groups excluding carboxylic acids is 1. The fraction of sp³-hybridized carbons (Fsp3) is 0.562.